The number of aliphatic carboxylic acids is 1. The lowest BCUT2D eigenvalue weighted by molar-refractivity contribution is -0.142. The fraction of sp³-hybridized carbons (Fsp3) is 0.400. The van der Waals surface area contributed by atoms with Gasteiger partial charge in [0.2, 0.25) is 11.7 Å². The van der Waals surface area contributed by atoms with Crippen LogP contribution in [0, 0.1) is 11.7 Å². The molecule has 41 heavy (non-hydrogen) atoms. The summed E-state index contributed by atoms with van der Waals surface area (Å²) < 4.78 is 26.3. The standard InChI is InChI=1S/C30H34FN5O5/c1-40-25-7-3-2-6-23(25)21-10-8-20(9-11-21)17-24(30(38)39)34-29(37)22-5-4-12-36(18-22)28-26(31)27(32-19-33-28)35-13-15-41-16-14-35/h2-3,6-11,19,22,24H,4-5,12-18H2,1H3,(H,34,37)(H,38,39)/t22?,24-/m0/s1. The summed E-state index contributed by atoms with van der Waals surface area (Å²) in [6.45, 7) is 2.86. The molecular weight excluding hydrogens is 529 g/mol. The second-order valence-corrected chi connectivity index (χ2v) is 10.2. The molecule has 0 bridgehead atoms. The Labute approximate surface area is 238 Å². The number of carbonyl (C=O) groups excluding carboxylic acids is 1. The van der Waals surface area contributed by atoms with Gasteiger partial charge >= 0.3 is 5.97 Å². The van der Waals surface area contributed by atoms with E-state index in [0.717, 1.165) is 22.4 Å². The Morgan fingerprint density at radius 1 is 1.07 bits per heavy atom. The number of aromatic nitrogens is 2. The summed E-state index contributed by atoms with van der Waals surface area (Å²) in [5.41, 5.74) is 2.65. The van der Waals surface area contributed by atoms with Gasteiger partial charge in [0, 0.05) is 38.2 Å². The molecule has 2 N–H and O–H groups in total. The Morgan fingerprint density at radius 2 is 1.78 bits per heavy atom. The molecule has 5 rings (SSSR count). The van der Waals surface area contributed by atoms with Gasteiger partial charge < -0.3 is 29.7 Å². The van der Waals surface area contributed by atoms with Crippen molar-refractivity contribution in [3.05, 3.63) is 66.2 Å². The van der Waals surface area contributed by atoms with Gasteiger partial charge in [0.25, 0.3) is 0 Å². The number of benzene rings is 2. The number of piperidine rings is 1. The number of hydrogen-bond donors (Lipinski definition) is 2. The molecule has 0 aliphatic carbocycles. The molecule has 1 unspecified atom stereocenters. The van der Waals surface area contributed by atoms with Crippen LogP contribution in [0.25, 0.3) is 11.1 Å². The van der Waals surface area contributed by atoms with E-state index in [4.69, 9.17) is 9.47 Å². The van der Waals surface area contributed by atoms with E-state index in [0.29, 0.717) is 45.7 Å². The Hall–Kier alpha value is -4.25. The van der Waals surface area contributed by atoms with Gasteiger partial charge in [0.1, 0.15) is 18.1 Å². The number of carboxylic acid groups (broad SMARTS) is 1. The van der Waals surface area contributed by atoms with Gasteiger partial charge in [0.05, 0.1) is 26.2 Å². The third-order valence-electron chi connectivity index (χ3n) is 7.58. The van der Waals surface area contributed by atoms with E-state index in [9.17, 15) is 14.7 Å². The first-order valence-electron chi connectivity index (χ1n) is 13.8. The number of rotatable bonds is 9. The molecule has 2 aliphatic rings. The smallest absolute Gasteiger partial charge is 0.326 e. The van der Waals surface area contributed by atoms with Crippen molar-refractivity contribution in [1.82, 2.24) is 15.3 Å². The fourth-order valence-electron chi connectivity index (χ4n) is 5.38. The van der Waals surface area contributed by atoms with Crippen LogP contribution in [0.2, 0.25) is 0 Å². The lowest BCUT2D eigenvalue weighted by Crippen LogP contribution is -2.49. The van der Waals surface area contributed by atoms with Crippen molar-refractivity contribution < 1.29 is 28.6 Å². The molecule has 3 aromatic rings. The molecule has 2 aliphatic heterocycles. The number of amides is 1. The number of hydrogen-bond acceptors (Lipinski definition) is 8. The van der Waals surface area contributed by atoms with Crippen LogP contribution in [0.15, 0.2) is 54.9 Å². The summed E-state index contributed by atoms with van der Waals surface area (Å²) in [5.74, 6) is -1.37. The third kappa shape index (κ3) is 6.57. The van der Waals surface area contributed by atoms with Crippen LogP contribution in [-0.2, 0) is 20.7 Å². The van der Waals surface area contributed by atoms with Crippen LogP contribution in [0.5, 0.6) is 5.75 Å². The molecule has 1 aromatic heterocycles. The molecule has 0 saturated carbocycles. The van der Waals surface area contributed by atoms with Crippen LogP contribution in [0.1, 0.15) is 18.4 Å². The minimum absolute atomic E-state index is 0.132. The zero-order valence-electron chi connectivity index (χ0n) is 23.0. The predicted octanol–water partition coefficient (Wildman–Crippen LogP) is 3.16. The molecule has 11 heteroatoms. The van der Waals surface area contributed by atoms with Crippen molar-refractivity contribution in [1.29, 1.82) is 0 Å². The number of halogens is 1. The van der Waals surface area contributed by atoms with Gasteiger partial charge in [-0.2, -0.15) is 4.39 Å². The number of nitrogens with one attached hydrogen (secondary N) is 1. The molecular formula is C30H34FN5O5. The quantitative estimate of drug-likeness (QED) is 0.405. The van der Waals surface area contributed by atoms with Gasteiger partial charge in [-0.25, -0.2) is 14.8 Å². The minimum atomic E-state index is -1.11. The van der Waals surface area contributed by atoms with E-state index >= 15 is 4.39 Å². The molecule has 10 nitrogen and oxygen atoms in total. The monoisotopic (exact) mass is 563 g/mol. The first-order valence-corrected chi connectivity index (χ1v) is 13.8. The average Bonchev–Trinajstić information content (AvgIpc) is 3.01. The second kappa shape index (κ2) is 12.9. The van der Waals surface area contributed by atoms with E-state index in [1.807, 2.05) is 53.4 Å². The number of ether oxygens (including phenoxy) is 2. The first-order chi connectivity index (χ1) is 19.9. The van der Waals surface area contributed by atoms with Crippen LogP contribution >= 0.6 is 0 Å². The van der Waals surface area contributed by atoms with Crippen molar-refractivity contribution in [2.45, 2.75) is 25.3 Å². The fourth-order valence-corrected chi connectivity index (χ4v) is 5.38. The number of carbonyl (C=O) groups is 2. The zero-order valence-corrected chi connectivity index (χ0v) is 23.0. The van der Waals surface area contributed by atoms with E-state index in [-0.39, 0.29) is 30.5 Å². The summed E-state index contributed by atoms with van der Waals surface area (Å²) >= 11 is 0. The number of para-hydroxylation sites is 1. The SMILES string of the molecule is COc1ccccc1-c1ccc(C[C@H](NC(=O)C2CCCN(c3ncnc(N4CCOCC4)c3F)C2)C(=O)O)cc1. The van der Waals surface area contributed by atoms with Crippen molar-refractivity contribution in [3.8, 4) is 16.9 Å². The summed E-state index contributed by atoms with van der Waals surface area (Å²) in [4.78, 5) is 37.2. The van der Waals surface area contributed by atoms with Crippen LogP contribution < -0.4 is 19.9 Å². The molecule has 216 valence electrons. The third-order valence-corrected chi connectivity index (χ3v) is 7.58. The maximum atomic E-state index is 15.5. The predicted molar refractivity (Wildman–Crippen MR) is 152 cm³/mol. The van der Waals surface area contributed by atoms with E-state index in [2.05, 4.69) is 15.3 Å². The number of nitrogens with zero attached hydrogens (tertiary/aromatic N) is 4. The van der Waals surface area contributed by atoms with Gasteiger partial charge in [-0.05, 0) is 30.0 Å². The summed E-state index contributed by atoms with van der Waals surface area (Å²) in [6, 6.07) is 14.1. The Kier molecular flexibility index (Phi) is 8.93. The summed E-state index contributed by atoms with van der Waals surface area (Å²) in [6.07, 6.45) is 2.70. The summed E-state index contributed by atoms with van der Waals surface area (Å²) in [5, 5.41) is 12.6. The van der Waals surface area contributed by atoms with E-state index < -0.39 is 23.7 Å². The van der Waals surface area contributed by atoms with Crippen LogP contribution in [-0.4, -0.2) is 79.5 Å². The maximum absolute atomic E-state index is 15.5. The van der Waals surface area contributed by atoms with E-state index in [1.165, 1.54) is 6.33 Å². The number of morpholine rings is 1. The van der Waals surface area contributed by atoms with Crippen molar-refractivity contribution in [2.75, 3.05) is 56.3 Å². The van der Waals surface area contributed by atoms with Gasteiger partial charge in [0.15, 0.2) is 11.6 Å². The molecule has 3 heterocycles. The average molecular weight is 564 g/mol. The molecule has 1 amide bonds. The number of anilines is 2. The minimum Gasteiger partial charge on any atom is -0.496 e. The maximum Gasteiger partial charge on any atom is 0.326 e. The largest absolute Gasteiger partial charge is 0.496 e. The Balaban J connectivity index is 1.24. The summed E-state index contributed by atoms with van der Waals surface area (Å²) in [7, 11) is 1.62. The highest BCUT2D eigenvalue weighted by Crippen LogP contribution is 2.30. The Morgan fingerprint density at radius 3 is 2.49 bits per heavy atom. The Bertz CT molecular complexity index is 1370. The molecule has 0 radical (unpaired) electrons. The zero-order chi connectivity index (χ0) is 28.8. The normalized spacial score (nSPS) is 18.0. The lowest BCUT2D eigenvalue weighted by Gasteiger charge is -2.34. The lowest BCUT2D eigenvalue weighted by atomic mass is 9.95. The molecule has 0 spiro atoms. The van der Waals surface area contributed by atoms with Crippen LogP contribution in [0.4, 0.5) is 16.0 Å². The molecule has 2 atom stereocenters. The van der Waals surface area contributed by atoms with Gasteiger partial charge in [-0.3, -0.25) is 4.79 Å². The van der Waals surface area contributed by atoms with E-state index in [1.54, 1.807) is 12.0 Å². The van der Waals surface area contributed by atoms with Crippen molar-refractivity contribution in [3.63, 3.8) is 0 Å². The molecule has 2 fully saturated rings. The van der Waals surface area contributed by atoms with Crippen molar-refractivity contribution in [2.24, 2.45) is 5.92 Å². The second-order valence-electron chi connectivity index (χ2n) is 10.2. The molecule has 2 aromatic carbocycles. The number of carboxylic acids is 1. The first kappa shape index (κ1) is 28.3. The van der Waals surface area contributed by atoms with Crippen molar-refractivity contribution >= 4 is 23.5 Å². The highest BCUT2D eigenvalue weighted by atomic mass is 19.1. The van der Waals surface area contributed by atoms with Gasteiger partial charge in [-0.15, -0.1) is 0 Å². The van der Waals surface area contributed by atoms with Crippen LogP contribution in [0.3, 0.4) is 0 Å². The molecule has 2 saturated heterocycles. The highest BCUT2D eigenvalue weighted by Gasteiger charge is 2.32. The van der Waals surface area contributed by atoms with Gasteiger partial charge in [-0.1, -0.05) is 42.5 Å². The number of methoxy groups -OCH3 is 1. The topological polar surface area (TPSA) is 117 Å². The highest BCUT2D eigenvalue weighted by molar-refractivity contribution is 5.85.